The minimum Gasteiger partial charge on any atom is -0.438 e. The van der Waals surface area contributed by atoms with Gasteiger partial charge in [-0.3, -0.25) is 0 Å². The number of aliphatic imine (C=N–C) groups is 1. The fourth-order valence-electron chi connectivity index (χ4n) is 0.306. The number of carbonyl (C=O) groups is 1. The van der Waals surface area contributed by atoms with Gasteiger partial charge in [-0.1, -0.05) is 6.08 Å². The molecule has 0 atom stereocenters. The molecule has 0 rings (SSSR count). The zero-order valence-electron chi connectivity index (χ0n) is 5.53. The summed E-state index contributed by atoms with van der Waals surface area (Å²) in [5, 5.41) is 0. The van der Waals surface area contributed by atoms with Crippen molar-refractivity contribution in [1.29, 1.82) is 0 Å². The van der Waals surface area contributed by atoms with Gasteiger partial charge >= 0.3 is 5.97 Å². The molecule has 0 radical (unpaired) electrons. The van der Waals surface area contributed by atoms with Gasteiger partial charge in [0.05, 0.1) is 0 Å². The molecule has 0 aromatic heterocycles. The Morgan fingerprint density at radius 2 is 2.50 bits per heavy atom. The zero-order valence-corrected chi connectivity index (χ0v) is 5.53. The zero-order chi connectivity index (χ0) is 7.82. The Morgan fingerprint density at radius 1 is 1.80 bits per heavy atom. The van der Waals surface area contributed by atoms with Crippen LogP contribution in [-0.2, 0) is 14.3 Å². The van der Waals surface area contributed by atoms with Crippen molar-refractivity contribution in [2.45, 2.75) is 6.92 Å². The number of hydrogen-bond acceptors (Lipinski definition) is 4. The predicted octanol–water partition coefficient (Wildman–Crippen LogP) is 0.399. The van der Waals surface area contributed by atoms with Crippen molar-refractivity contribution in [3.8, 4) is 0 Å². The molecular formula is C6H7NO3. The number of isocyanates is 1. The van der Waals surface area contributed by atoms with Crippen LogP contribution in [0, 0.1) is 0 Å². The Hall–Kier alpha value is -1.41. The molecule has 0 saturated heterocycles. The number of ether oxygens (including phenoxy) is 1. The van der Waals surface area contributed by atoms with Crippen LogP contribution in [0.4, 0.5) is 0 Å². The van der Waals surface area contributed by atoms with E-state index in [9.17, 15) is 9.59 Å². The quantitative estimate of drug-likeness (QED) is 0.247. The van der Waals surface area contributed by atoms with Gasteiger partial charge in [0.2, 0.25) is 6.08 Å². The lowest BCUT2D eigenvalue weighted by molar-refractivity contribution is -0.137. The first kappa shape index (κ1) is 8.59. The molecule has 0 heterocycles. The molecule has 4 heteroatoms. The van der Waals surface area contributed by atoms with Crippen molar-refractivity contribution in [3.05, 3.63) is 12.2 Å². The molecule has 0 fully saturated rings. The van der Waals surface area contributed by atoms with Crippen molar-refractivity contribution in [3.63, 3.8) is 0 Å². The van der Waals surface area contributed by atoms with Crippen LogP contribution in [0.5, 0.6) is 0 Å². The maximum Gasteiger partial charge on any atom is 0.332 e. The molecule has 10 heavy (non-hydrogen) atoms. The van der Waals surface area contributed by atoms with Gasteiger partial charge in [0, 0.05) is 6.08 Å². The van der Waals surface area contributed by atoms with Crippen LogP contribution < -0.4 is 0 Å². The van der Waals surface area contributed by atoms with E-state index in [0.29, 0.717) is 0 Å². The largest absolute Gasteiger partial charge is 0.438 e. The Bertz CT molecular complexity index is 179. The summed E-state index contributed by atoms with van der Waals surface area (Å²) < 4.78 is 4.37. The molecular weight excluding hydrogens is 134 g/mol. The Kier molecular flexibility index (Phi) is 4.91. The molecule has 0 saturated carbocycles. The summed E-state index contributed by atoms with van der Waals surface area (Å²) in [6, 6.07) is 0. The topological polar surface area (TPSA) is 55.7 Å². The molecule has 54 valence electrons. The van der Waals surface area contributed by atoms with E-state index in [1.807, 2.05) is 0 Å². The van der Waals surface area contributed by atoms with E-state index >= 15 is 0 Å². The maximum absolute atomic E-state index is 10.4. The molecule has 0 aliphatic carbocycles. The van der Waals surface area contributed by atoms with Gasteiger partial charge in [-0.25, -0.2) is 9.59 Å². The van der Waals surface area contributed by atoms with E-state index in [0.717, 1.165) is 0 Å². The van der Waals surface area contributed by atoms with Crippen LogP contribution in [0.1, 0.15) is 6.92 Å². The van der Waals surface area contributed by atoms with Gasteiger partial charge in [0.1, 0.15) is 0 Å². The average Bonchev–Trinajstić information content (AvgIpc) is 1.89. The number of rotatable bonds is 3. The highest BCUT2D eigenvalue weighted by Crippen LogP contribution is 1.80. The monoisotopic (exact) mass is 141 g/mol. The number of esters is 1. The summed E-state index contributed by atoms with van der Waals surface area (Å²) in [5.74, 6) is -0.512. The van der Waals surface area contributed by atoms with Crippen molar-refractivity contribution < 1.29 is 14.3 Å². The van der Waals surface area contributed by atoms with Gasteiger partial charge in [-0.15, -0.1) is 0 Å². The van der Waals surface area contributed by atoms with E-state index in [-0.39, 0.29) is 6.73 Å². The van der Waals surface area contributed by atoms with E-state index < -0.39 is 5.97 Å². The molecule has 0 spiro atoms. The molecule has 0 aromatic carbocycles. The third kappa shape index (κ3) is 4.74. The molecule has 0 aromatic rings. The van der Waals surface area contributed by atoms with Gasteiger partial charge in [0.15, 0.2) is 6.73 Å². The first-order valence-electron chi connectivity index (χ1n) is 2.64. The lowest BCUT2D eigenvalue weighted by Gasteiger charge is -1.91. The predicted molar refractivity (Wildman–Crippen MR) is 33.9 cm³/mol. The SMILES string of the molecule is CC=CC(=O)OCN=C=O. The first-order chi connectivity index (χ1) is 4.81. The summed E-state index contributed by atoms with van der Waals surface area (Å²) in [4.78, 5) is 22.9. The minimum atomic E-state index is -0.512. The second-order valence-corrected chi connectivity index (χ2v) is 1.34. The lowest BCUT2D eigenvalue weighted by Crippen LogP contribution is -1.99. The van der Waals surface area contributed by atoms with E-state index in [1.54, 1.807) is 6.92 Å². The lowest BCUT2D eigenvalue weighted by atomic mass is 10.5. The smallest absolute Gasteiger partial charge is 0.332 e. The van der Waals surface area contributed by atoms with Crippen LogP contribution in [0.25, 0.3) is 0 Å². The van der Waals surface area contributed by atoms with E-state index in [2.05, 4.69) is 9.73 Å². The first-order valence-corrected chi connectivity index (χ1v) is 2.64. The second kappa shape index (κ2) is 5.72. The maximum atomic E-state index is 10.4. The van der Waals surface area contributed by atoms with Gasteiger partial charge in [0.25, 0.3) is 0 Å². The fraction of sp³-hybridized carbons (Fsp3) is 0.333. The molecule has 0 aliphatic heterocycles. The number of nitrogens with zero attached hydrogens (tertiary/aromatic N) is 1. The van der Waals surface area contributed by atoms with Gasteiger partial charge in [-0.2, -0.15) is 4.99 Å². The van der Waals surface area contributed by atoms with Crippen molar-refractivity contribution in [1.82, 2.24) is 0 Å². The van der Waals surface area contributed by atoms with Crippen LogP contribution in [-0.4, -0.2) is 18.8 Å². The highest BCUT2D eigenvalue weighted by atomic mass is 16.5. The average molecular weight is 141 g/mol. The van der Waals surface area contributed by atoms with E-state index in [1.165, 1.54) is 18.2 Å². The molecule has 0 N–H and O–H groups in total. The van der Waals surface area contributed by atoms with Crippen LogP contribution >= 0.6 is 0 Å². The van der Waals surface area contributed by atoms with Gasteiger partial charge < -0.3 is 4.74 Å². The highest BCUT2D eigenvalue weighted by Gasteiger charge is 1.91. The van der Waals surface area contributed by atoms with Crippen LogP contribution in [0.2, 0.25) is 0 Å². The highest BCUT2D eigenvalue weighted by molar-refractivity contribution is 5.81. The third-order valence-electron chi connectivity index (χ3n) is 0.639. The normalized spacial score (nSPS) is 8.90. The summed E-state index contributed by atoms with van der Waals surface area (Å²) in [6.07, 6.45) is 4.01. The summed E-state index contributed by atoms with van der Waals surface area (Å²) in [5.41, 5.74) is 0. The summed E-state index contributed by atoms with van der Waals surface area (Å²) in [6.45, 7) is 1.43. The summed E-state index contributed by atoms with van der Waals surface area (Å²) >= 11 is 0. The number of carbonyl (C=O) groups excluding carboxylic acids is 2. The Labute approximate surface area is 58.2 Å². The summed E-state index contributed by atoms with van der Waals surface area (Å²) in [7, 11) is 0. The second-order valence-electron chi connectivity index (χ2n) is 1.34. The third-order valence-corrected chi connectivity index (χ3v) is 0.639. The van der Waals surface area contributed by atoms with Crippen LogP contribution in [0.15, 0.2) is 17.1 Å². The molecule has 0 amide bonds. The Morgan fingerprint density at radius 3 is 3.00 bits per heavy atom. The van der Waals surface area contributed by atoms with Crippen molar-refractivity contribution in [2.24, 2.45) is 4.99 Å². The molecule has 0 aliphatic rings. The van der Waals surface area contributed by atoms with Crippen molar-refractivity contribution in [2.75, 3.05) is 6.73 Å². The van der Waals surface area contributed by atoms with E-state index in [4.69, 9.17) is 0 Å². The standard InChI is InChI=1S/C6H7NO3/c1-2-3-6(9)10-5-7-4-8/h2-3H,5H2,1H3. The number of hydrogen-bond donors (Lipinski definition) is 0. The minimum absolute atomic E-state index is 0.257. The molecule has 4 nitrogen and oxygen atoms in total. The van der Waals surface area contributed by atoms with Crippen LogP contribution in [0.3, 0.4) is 0 Å². The number of allylic oxidation sites excluding steroid dienone is 1. The van der Waals surface area contributed by atoms with Crippen molar-refractivity contribution >= 4 is 12.0 Å². The van der Waals surface area contributed by atoms with Gasteiger partial charge in [-0.05, 0) is 6.92 Å². The molecule has 0 unspecified atom stereocenters. The Balaban J connectivity index is 3.49. The molecule has 0 bridgehead atoms. The fourth-order valence-corrected chi connectivity index (χ4v) is 0.306.